The number of benzene rings is 7. The summed E-state index contributed by atoms with van der Waals surface area (Å²) in [6.45, 7) is 10.8. The van der Waals surface area contributed by atoms with E-state index in [4.69, 9.17) is 9.97 Å². The van der Waals surface area contributed by atoms with Gasteiger partial charge < -0.3 is 5.11 Å². The van der Waals surface area contributed by atoms with Crippen molar-refractivity contribution in [1.82, 2.24) is 14.5 Å². The molecular formula is C54H45N3O. The molecule has 0 saturated heterocycles. The van der Waals surface area contributed by atoms with Crippen LogP contribution in [-0.2, 0) is 5.41 Å². The highest BCUT2D eigenvalue weighted by Crippen LogP contribution is 2.43. The van der Waals surface area contributed by atoms with Crippen LogP contribution >= 0.6 is 0 Å². The summed E-state index contributed by atoms with van der Waals surface area (Å²) >= 11 is 0. The van der Waals surface area contributed by atoms with E-state index in [1.807, 2.05) is 37.4 Å². The molecule has 4 nitrogen and oxygen atoms in total. The Hall–Kier alpha value is -7.04. The first-order chi connectivity index (χ1) is 28.1. The van der Waals surface area contributed by atoms with Gasteiger partial charge in [0.1, 0.15) is 11.6 Å². The minimum absolute atomic E-state index is 0.0576. The molecule has 0 amide bonds. The number of aromatic nitrogens is 3. The number of hydrogen-bond acceptors (Lipinski definition) is 3. The lowest BCUT2D eigenvalue weighted by atomic mass is 9.85. The summed E-state index contributed by atoms with van der Waals surface area (Å²) in [5.74, 6) is 0.915. The molecule has 0 aliphatic carbocycles. The van der Waals surface area contributed by atoms with Gasteiger partial charge >= 0.3 is 0 Å². The highest BCUT2D eigenvalue weighted by molar-refractivity contribution is 5.98. The average Bonchev–Trinajstić information content (AvgIpc) is 3.65. The third-order valence-corrected chi connectivity index (χ3v) is 11.1. The van der Waals surface area contributed by atoms with Gasteiger partial charge in [0.2, 0.25) is 0 Å². The van der Waals surface area contributed by atoms with Gasteiger partial charge in [0.15, 0.2) is 0 Å². The second-order valence-corrected chi connectivity index (χ2v) is 16.2. The minimum Gasteiger partial charge on any atom is -0.507 e. The van der Waals surface area contributed by atoms with Crippen molar-refractivity contribution in [1.29, 1.82) is 0 Å². The summed E-state index contributed by atoms with van der Waals surface area (Å²) in [6, 6.07) is 59.7. The van der Waals surface area contributed by atoms with Crippen molar-refractivity contribution in [3.8, 4) is 78.6 Å². The molecule has 9 aromatic rings. The smallest absolute Gasteiger partial charge is 0.149 e. The number of nitrogens with zero attached hydrogens (tertiary/aromatic N) is 3. The lowest BCUT2D eigenvalue weighted by Gasteiger charge is -2.23. The summed E-state index contributed by atoms with van der Waals surface area (Å²) < 4.78 is 2.24. The molecule has 0 spiro atoms. The van der Waals surface area contributed by atoms with Crippen molar-refractivity contribution in [3.05, 3.63) is 193 Å². The van der Waals surface area contributed by atoms with Crippen LogP contribution in [-0.4, -0.2) is 19.6 Å². The predicted octanol–water partition coefficient (Wildman–Crippen LogP) is 14.0. The molecule has 0 fully saturated rings. The van der Waals surface area contributed by atoms with E-state index in [0.717, 1.165) is 83.6 Å². The van der Waals surface area contributed by atoms with E-state index in [0.29, 0.717) is 11.4 Å². The first kappa shape index (κ1) is 36.6. The molecular weight excluding hydrogens is 707 g/mol. The maximum absolute atomic E-state index is 11.8. The molecule has 9 rings (SSSR count). The predicted molar refractivity (Wildman–Crippen MR) is 241 cm³/mol. The maximum atomic E-state index is 11.8. The van der Waals surface area contributed by atoms with Crippen LogP contribution in [0.25, 0.3) is 83.9 Å². The van der Waals surface area contributed by atoms with Crippen molar-refractivity contribution in [2.24, 2.45) is 0 Å². The van der Waals surface area contributed by atoms with Crippen molar-refractivity contribution in [2.45, 2.75) is 40.0 Å². The third kappa shape index (κ3) is 6.88. The molecule has 0 bridgehead atoms. The molecule has 1 N–H and O–H groups in total. The van der Waals surface area contributed by atoms with Crippen LogP contribution in [0.5, 0.6) is 5.75 Å². The molecule has 2 aromatic heterocycles. The Bertz CT molecular complexity index is 2940. The summed E-state index contributed by atoms with van der Waals surface area (Å²) in [4.78, 5) is 10.4. The zero-order valence-electron chi connectivity index (χ0n) is 33.5. The highest BCUT2D eigenvalue weighted by Gasteiger charge is 2.25. The number of phenolic OH excluding ortho intramolecular Hbond substituents is 1. The largest absolute Gasteiger partial charge is 0.507 e. The van der Waals surface area contributed by atoms with Crippen LogP contribution in [0.15, 0.2) is 176 Å². The van der Waals surface area contributed by atoms with E-state index in [2.05, 4.69) is 178 Å². The number of fused-ring (bicyclic) bond motifs is 1. The summed E-state index contributed by atoms with van der Waals surface area (Å²) in [6.07, 6.45) is 1.90. The molecule has 7 aromatic carbocycles. The fourth-order valence-electron chi connectivity index (χ4n) is 8.06. The minimum atomic E-state index is -0.0576. The van der Waals surface area contributed by atoms with Gasteiger partial charge in [-0.25, -0.2) is 4.98 Å². The van der Waals surface area contributed by atoms with E-state index < -0.39 is 0 Å². The Morgan fingerprint density at radius 1 is 0.500 bits per heavy atom. The van der Waals surface area contributed by atoms with Crippen molar-refractivity contribution in [3.63, 3.8) is 0 Å². The molecule has 282 valence electrons. The van der Waals surface area contributed by atoms with Gasteiger partial charge in [-0.1, -0.05) is 136 Å². The van der Waals surface area contributed by atoms with E-state index in [-0.39, 0.29) is 11.2 Å². The molecule has 2 heterocycles. The van der Waals surface area contributed by atoms with Crippen LogP contribution in [0.4, 0.5) is 0 Å². The maximum Gasteiger partial charge on any atom is 0.149 e. The van der Waals surface area contributed by atoms with Crippen LogP contribution in [0.3, 0.4) is 0 Å². The quantitative estimate of drug-likeness (QED) is 0.176. The Balaban J connectivity index is 1.33. The van der Waals surface area contributed by atoms with Gasteiger partial charge in [-0.3, -0.25) is 9.55 Å². The second kappa shape index (κ2) is 14.8. The number of phenols is 1. The van der Waals surface area contributed by atoms with Gasteiger partial charge in [-0.15, -0.1) is 0 Å². The summed E-state index contributed by atoms with van der Waals surface area (Å²) in [5.41, 5.74) is 17.1. The van der Waals surface area contributed by atoms with Gasteiger partial charge in [0.05, 0.1) is 28.0 Å². The number of para-hydroxylation sites is 1. The summed E-state index contributed by atoms with van der Waals surface area (Å²) in [7, 11) is 0. The fraction of sp³-hybridized carbons (Fsp3) is 0.111. The zero-order chi connectivity index (χ0) is 40.0. The van der Waals surface area contributed by atoms with Gasteiger partial charge in [-0.2, -0.15) is 0 Å². The average molecular weight is 752 g/mol. The van der Waals surface area contributed by atoms with Crippen LogP contribution in [0, 0.1) is 13.8 Å². The monoisotopic (exact) mass is 751 g/mol. The molecule has 0 atom stereocenters. The molecule has 0 aliphatic rings. The topological polar surface area (TPSA) is 50.9 Å². The fourth-order valence-corrected chi connectivity index (χ4v) is 8.06. The van der Waals surface area contributed by atoms with E-state index in [9.17, 15) is 5.11 Å². The van der Waals surface area contributed by atoms with Crippen molar-refractivity contribution in [2.75, 3.05) is 0 Å². The SMILES string of the molecule is Cc1cc(C)c(O)c(-c2nc3c(-c4cc(-c5ccccc5)cc(-c5cc(-c6ccccc6)ccn5)c4)cccc3n2-c2ccc(C(C)(C)C)cc2-c2ccccc2)c1. The Labute approximate surface area is 340 Å². The number of imidazole rings is 1. The number of hydrogen-bond donors (Lipinski definition) is 1. The molecule has 0 unspecified atom stereocenters. The van der Waals surface area contributed by atoms with Crippen molar-refractivity contribution >= 4 is 11.0 Å². The van der Waals surface area contributed by atoms with Gasteiger partial charge in [0.25, 0.3) is 0 Å². The zero-order valence-corrected chi connectivity index (χ0v) is 33.5. The van der Waals surface area contributed by atoms with Gasteiger partial charge in [-0.05, 0) is 124 Å². The highest BCUT2D eigenvalue weighted by atomic mass is 16.3. The Morgan fingerprint density at radius 2 is 1.14 bits per heavy atom. The molecule has 0 radical (unpaired) electrons. The molecule has 0 saturated carbocycles. The third-order valence-electron chi connectivity index (χ3n) is 11.1. The lowest BCUT2D eigenvalue weighted by molar-refractivity contribution is 0.472. The summed E-state index contributed by atoms with van der Waals surface area (Å²) in [5, 5.41) is 11.8. The number of aryl methyl sites for hydroxylation is 2. The first-order valence-electron chi connectivity index (χ1n) is 19.9. The van der Waals surface area contributed by atoms with Crippen LogP contribution in [0.1, 0.15) is 37.5 Å². The number of rotatable bonds is 7. The van der Waals surface area contributed by atoms with E-state index in [1.54, 1.807) is 0 Å². The second-order valence-electron chi connectivity index (χ2n) is 16.2. The standard InChI is InChI=1S/C54H45N3O/c1-35-28-36(2)52(58)47(29-35)53-56-51-45(22-15-23-50(51)57(53)49-25-24-44(54(3,4)5)34-46(49)39-20-13-8-14-21-39)42-30-41(38-18-11-7-12-19-38)31-43(32-42)48-33-40(26-27-55-48)37-16-9-6-10-17-37/h6-34,58H,1-5H3. The Kier molecular flexibility index (Phi) is 9.34. The van der Waals surface area contributed by atoms with Crippen molar-refractivity contribution < 1.29 is 5.11 Å². The first-order valence-corrected chi connectivity index (χ1v) is 19.9. The Morgan fingerprint density at radius 3 is 1.83 bits per heavy atom. The van der Waals surface area contributed by atoms with E-state index >= 15 is 0 Å². The van der Waals surface area contributed by atoms with Crippen LogP contribution < -0.4 is 0 Å². The molecule has 58 heavy (non-hydrogen) atoms. The molecule has 0 aliphatic heterocycles. The van der Waals surface area contributed by atoms with Crippen LogP contribution in [0.2, 0.25) is 0 Å². The normalized spacial score (nSPS) is 11.6. The van der Waals surface area contributed by atoms with E-state index in [1.165, 1.54) is 5.56 Å². The molecule has 4 heteroatoms. The number of aromatic hydroxyl groups is 1. The number of pyridine rings is 1. The lowest BCUT2D eigenvalue weighted by Crippen LogP contribution is -2.12. The van der Waals surface area contributed by atoms with Gasteiger partial charge in [0, 0.05) is 22.9 Å².